The molecule has 2 heterocycles. The zero-order valence-corrected chi connectivity index (χ0v) is 12.2. The summed E-state index contributed by atoms with van der Waals surface area (Å²) in [4.78, 5) is 27.0. The third kappa shape index (κ3) is 3.12. The Hall–Kier alpha value is -1.98. The van der Waals surface area contributed by atoms with E-state index in [0.717, 1.165) is 5.69 Å². The molecule has 2 amide bonds. The van der Waals surface area contributed by atoms with Crippen LogP contribution in [-0.4, -0.2) is 58.0 Å². The van der Waals surface area contributed by atoms with Crippen molar-refractivity contribution in [3.05, 3.63) is 23.5 Å². The zero-order valence-electron chi connectivity index (χ0n) is 12.2. The van der Waals surface area contributed by atoms with Crippen molar-refractivity contribution in [1.82, 2.24) is 20.0 Å². The van der Waals surface area contributed by atoms with Crippen molar-refractivity contribution in [3.8, 4) is 0 Å². The van der Waals surface area contributed by atoms with Gasteiger partial charge >= 0.3 is 0 Å². The van der Waals surface area contributed by atoms with Gasteiger partial charge in [-0.05, 0) is 18.1 Å². The minimum absolute atomic E-state index is 0.0539. The number of rotatable bonds is 2. The summed E-state index contributed by atoms with van der Waals surface area (Å²) in [5.74, 6) is 0.236. The highest BCUT2D eigenvalue weighted by molar-refractivity contribution is 5.92. The molecule has 6 nitrogen and oxygen atoms in total. The lowest BCUT2D eigenvalue weighted by molar-refractivity contribution is -0.130. The summed E-state index contributed by atoms with van der Waals surface area (Å²) in [5.41, 5.74) is 1.24. The summed E-state index contributed by atoms with van der Waals surface area (Å²) >= 11 is 0. The number of nitrogens with zero attached hydrogens (tertiary/aromatic N) is 4. The number of carbonyl (C=O) groups excluding carboxylic acids is 2. The molecule has 1 aromatic rings. The number of amides is 2. The van der Waals surface area contributed by atoms with Gasteiger partial charge in [-0.15, -0.1) is 5.10 Å². The first kappa shape index (κ1) is 14.4. The van der Waals surface area contributed by atoms with Gasteiger partial charge in [-0.1, -0.05) is 13.8 Å². The van der Waals surface area contributed by atoms with E-state index in [9.17, 15) is 9.59 Å². The van der Waals surface area contributed by atoms with E-state index in [2.05, 4.69) is 10.2 Å². The normalized spacial score (nSPS) is 15.6. The van der Waals surface area contributed by atoms with E-state index >= 15 is 0 Å². The summed E-state index contributed by atoms with van der Waals surface area (Å²) in [6.45, 7) is 7.88. The Morgan fingerprint density at radius 1 is 1.05 bits per heavy atom. The first-order valence-corrected chi connectivity index (χ1v) is 6.87. The van der Waals surface area contributed by atoms with Gasteiger partial charge in [-0.25, -0.2) is 0 Å². The number of carbonyl (C=O) groups is 2. The van der Waals surface area contributed by atoms with Crippen molar-refractivity contribution in [2.75, 3.05) is 26.2 Å². The first-order valence-electron chi connectivity index (χ1n) is 6.87. The zero-order chi connectivity index (χ0) is 14.7. The molecule has 0 atom stereocenters. The molecule has 0 N–H and O–H groups in total. The minimum atomic E-state index is -0.115. The predicted octanol–water partition coefficient (Wildman–Crippen LogP) is 0.904. The molecule has 0 bridgehead atoms. The molecule has 1 saturated heterocycles. The lowest BCUT2D eigenvalue weighted by Gasteiger charge is -2.33. The molecular weight excluding hydrogens is 256 g/mol. The van der Waals surface area contributed by atoms with Crippen LogP contribution < -0.4 is 0 Å². The largest absolute Gasteiger partial charge is 0.339 e. The second-order valence-electron chi connectivity index (χ2n) is 5.30. The van der Waals surface area contributed by atoms with Crippen molar-refractivity contribution in [2.24, 2.45) is 0 Å². The minimum Gasteiger partial charge on any atom is -0.339 e. The van der Waals surface area contributed by atoms with Crippen LogP contribution >= 0.6 is 0 Å². The van der Waals surface area contributed by atoms with Crippen molar-refractivity contribution < 1.29 is 9.59 Å². The standard InChI is InChI=1S/C14H20N4O2/c1-10(2)12-4-5-13(16-15-12)14(20)18-8-6-17(7-9-18)11(3)19/h4-5,10H,6-9H2,1-3H3. The maximum absolute atomic E-state index is 12.3. The van der Waals surface area contributed by atoms with Crippen molar-refractivity contribution in [3.63, 3.8) is 0 Å². The number of hydrogen-bond acceptors (Lipinski definition) is 4. The third-order valence-electron chi connectivity index (χ3n) is 3.51. The molecule has 1 aromatic heterocycles. The topological polar surface area (TPSA) is 66.4 Å². The van der Waals surface area contributed by atoms with Crippen LogP contribution in [0, 0.1) is 0 Å². The summed E-state index contributed by atoms with van der Waals surface area (Å²) in [6.07, 6.45) is 0. The van der Waals surface area contributed by atoms with Crippen LogP contribution in [0.15, 0.2) is 12.1 Å². The van der Waals surface area contributed by atoms with Gasteiger partial charge in [-0.3, -0.25) is 9.59 Å². The van der Waals surface area contributed by atoms with E-state index in [0.29, 0.717) is 37.8 Å². The quantitative estimate of drug-likeness (QED) is 0.805. The molecule has 2 rings (SSSR count). The van der Waals surface area contributed by atoms with Crippen molar-refractivity contribution in [1.29, 1.82) is 0 Å². The highest BCUT2D eigenvalue weighted by Gasteiger charge is 2.24. The van der Waals surface area contributed by atoms with Gasteiger partial charge in [0.05, 0.1) is 5.69 Å². The summed E-state index contributed by atoms with van der Waals surface area (Å²) in [6, 6.07) is 3.57. The SMILES string of the molecule is CC(=O)N1CCN(C(=O)c2ccc(C(C)C)nn2)CC1. The van der Waals surface area contributed by atoms with Gasteiger partial charge < -0.3 is 9.80 Å². The van der Waals surface area contributed by atoms with Crippen LogP contribution in [-0.2, 0) is 4.79 Å². The van der Waals surface area contributed by atoms with Gasteiger partial charge in [0, 0.05) is 33.1 Å². The smallest absolute Gasteiger partial charge is 0.274 e. The van der Waals surface area contributed by atoms with Gasteiger partial charge in [0.2, 0.25) is 5.91 Å². The Morgan fingerprint density at radius 3 is 2.10 bits per heavy atom. The molecule has 20 heavy (non-hydrogen) atoms. The molecule has 0 aliphatic carbocycles. The number of piperazine rings is 1. The second kappa shape index (κ2) is 5.98. The van der Waals surface area contributed by atoms with Crippen LogP contribution in [0.4, 0.5) is 0 Å². The van der Waals surface area contributed by atoms with Gasteiger partial charge in [0.25, 0.3) is 5.91 Å². The Bertz CT molecular complexity index is 490. The van der Waals surface area contributed by atoms with E-state index in [1.54, 1.807) is 22.8 Å². The fraction of sp³-hybridized carbons (Fsp3) is 0.571. The average molecular weight is 276 g/mol. The Labute approximate surface area is 118 Å². The summed E-state index contributed by atoms with van der Waals surface area (Å²) < 4.78 is 0. The Kier molecular flexibility index (Phi) is 4.32. The number of hydrogen-bond donors (Lipinski definition) is 0. The van der Waals surface area contributed by atoms with E-state index < -0.39 is 0 Å². The van der Waals surface area contributed by atoms with E-state index in [1.165, 1.54) is 0 Å². The fourth-order valence-electron chi connectivity index (χ4n) is 2.15. The summed E-state index contributed by atoms with van der Waals surface area (Å²) in [5, 5.41) is 8.08. The molecule has 0 saturated carbocycles. The van der Waals surface area contributed by atoms with Gasteiger partial charge in [0.1, 0.15) is 0 Å². The molecule has 1 fully saturated rings. The lowest BCUT2D eigenvalue weighted by atomic mass is 10.1. The van der Waals surface area contributed by atoms with Gasteiger partial charge in [-0.2, -0.15) is 5.10 Å². The van der Waals surface area contributed by atoms with Crippen molar-refractivity contribution >= 4 is 11.8 Å². The monoisotopic (exact) mass is 276 g/mol. The van der Waals surface area contributed by atoms with E-state index in [4.69, 9.17) is 0 Å². The maximum Gasteiger partial charge on any atom is 0.274 e. The van der Waals surface area contributed by atoms with Crippen LogP contribution in [0.2, 0.25) is 0 Å². The van der Waals surface area contributed by atoms with Crippen LogP contribution in [0.3, 0.4) is 0 Å². The van der Waals surface area contributed by atoms with Gasteiger partial charge in [0.15, 0.2) is 5.69 Å². The second-order valence-corrected chi connectivity index (χ2v) is 5.30. The fourth-order valence-corrected chi connectivity index (χ4v) is 2.15. The molecule has 0 unspecified atom stereocenters. The van der Waals surface area contributed by atoms with E-state index in [1.807, 2.05) is 19.9 Å². The molecule has 0 radical (unpaired) electrons. The average Bonchev–Trinajstić information content (AvgIpc) is 2.46. The molecule has 0 spiro atoms. The van der Waals surface area contributed by atoms with E-state index in [-0.39, 0.29) is 11.8 Å². The van der Waals surface area contributed by atoms with Crippen LogP contribution in [0.1, 0.15) is 42.9 Å². The third-order valence-corrected chi connectivity index (χ3v) is 3.51. The number of aromatic nitrogens is 2. The highest BCUT2D eigenvalue weighted by atomic mass is 16.2. The molecule has 6 heteroatoms. The molecule has 1 aliphatic heterocycles. The Morgan fingerprint density at radius 2 is 1.65 bits per heavy atom. The first-order chi connectivity index (χ1) is 9.49. The molecule has 0 aromatic carbocycles. The van der Waals surface area contributed by atoms with Crippen LogP contribution in [0.25, 0.3) is 0 Å². The molecular formula is C14H20N4O2. The summed E-state index contributed by atoms with van der Waals surface area (Å²) in [7, 11) is 0. The molecule has 108 valence electrons. The van der Waals surface area contributed by atoms with Crippen molar-refractivity contribution in [2.45, 2.75) is 26.7 Å². The molecule has 1 aliphatic rings. The predicted molar refractivity (Wildman–Crippen MR) is 74.3 cm³/mol. The van der Waals surface area contributed by atoms with Crippen LogP contribution in [0.5, 0.6) is 0 Å². The highest BCUT2D eigenvalue weighted by Crippen LogP contribution is 2.11. The Balaban J connectivity index is 2.00. The maximum atomic E-state index is 12.3. The lowest BCUT2D eigenvalue weighted by Crippen LogP contribution is -2.50.